The highest BCUT2D eigenvalue weighted by molar-refractivity contribution is 6.47. The number of hydrogen-bond donors (Lipinski definition) is 2. The van der Waals surface area contributed by atoms with Gasteiger partial charge in [0, 0.05) is 15.6 Å². The molecule has 0 saturated carbocycles. The Bertz CT molecular complexity index is 908. The van der Waals surface area contributed by atoms with Crippen LogP contribution in [0.15, 0.2) is 48.0 Å². The van der Waals surface area contributed by atoms with E-state index in [-0.39, 0.29) is 16.4 Å². The van der Waals surface area contributed by atoms with Gasteiger partial charge in [-0.3, -0.25) is 9.59 Å². The van der Waals surface area contributed by atoms with Gasteiger partial charge in [0.2, 0.25) is 0 Å². The van der Waals surface area contributed by atoms with Gasteiger partial charge in [-0.25, -0.2) is 0 Å². The van der Waals surface area contributed by atoms with Gasteiger partial charge < -0.3 is 15.2 Å². The van der Waals surface area contributed by atoms with Crippen LogP contribution < -0.4 is 10.1 Å². The van der Waals surface area contributed by atoms with Gasteiger partial charge in [0.1, 0.15) is 11.5 Å². The topological polar surface area (TPSA) is 75.6 Å². The highest BCUT2D eigenvalue weighted by atomic mass is 35.5. The molecule has 1 aliphatic heterocycles. The van der Waals surface area contributed by atoms with Gasteiger partial charge in [0.25, 0.3) is 11.7 Å². The predicted octanol–water partition coefficient (Wildman–Crippen LogP) is 3.71. The minimum absolute atomic E-state index is 0.0672. The van der Waals surface area contributed by atoms with Crippen molar-refractivity contribution in [3.05, 3.63) is 69.2 Å². The number of hydrogen-bond acceptors (Lipinski definition) is 4. The molecule has 1 unspecified atom stereocenters. The fourth-order valence-electron chi connectivity index (χ4n) is 2.66. The number of rotatable bonds is 3. The maximum atomic E-state index is 12.3. The molecule has 0 aromatic heterocycles. The lowest BCUT2D eigenvalue weighted by Crippen LogP contribution is -2.21. The summed E-state index contributed by atoms with van der Waals surface area (Å²) in [5.74, 6) is -1.41. The fourth-order valence-corrected chi connectivity index (χ4v) is 3.18. The second-order valence-corrected chi connectivity index (χ2v) is 6.24. The van der Waals surface area contributed by atoms with E-state index >= 15 is 0 Å². The number of Topliss-reactive ketones (excluding diaryl/α,β-unsaturated/α-hetero) is 1. The van der Waals surface area contributed by atoms with Crippen molar-refractivity contribution >= 4 is 40.7 Å². The van der Waals surface area contributed by atoms with Crippen molar-refractivity contribution in [1.29, 1.82) is 0 Å². The molecule has 1 fully saturated rings. The average molecular weight is 378 g/mol. The Balaban J connectivity index is 2.15. The predicted molar refractivity (Wildman–Crippen MR) is 94.9 cm³/mol. The van der Waals surface area contributed by atoms with E-state index < -0.39 is 17.7 Å². The van der Waals surface area contributed by atoms with Crippen molar-refractivity contribution < 1.29 is 19.4 Å². The summed E-state index contributed by atoms with van der Waals surface area (Å²) in [6, 6.07) is 10.4. The molecule has 7 heteroatoms. The number of nitrogens with one attached hydrogen (secondary N) is 1. The number of methoxy groups -OCH3 is 1. The van der Waals surface area contributed by atoms with Gasteiger partial charge in [-0.05, 0) is 29.8 Å². The molecule has 0 radical (unpaired) electrons. The van der Waals surface area contributed by atoms with E-state index in [2.05, 4.69) is 5.32 Å². The Hall–Kier alpha value is -2.50. The number of aliphatic hydroxyl groups excluding tert-OH is 1. The molecule has 1 saturated heterocycles. The Morgan fingerprint density at radius 2 is 1.92 bits per heavy atom. The Morgan fingerprint density at radius 1 is 1.16 bits per heavy atom. The summed E-state index contributed by atoms with van der Waals surface area (Å²) in [5, 5.41) is 13.9. The zero-order valence-corrected chi connectivity index (χ0v) is 14.6. The van der Waals surface area contributed by atoms with E-state index in [9.17, 15) is 14.7 Å². The fraction of sp³-hybridized carbons (Fsp3) is 0.111. The van der Waals surface area contributed by atoms with Crippen molar-refractivity contribution in [2.24, 2.45) is 0 Å². The maximum Gasteiger partial charge on any atom is 0.293 e. The molecular weight excluding hydrogens is 365 g/mol. The summed E-state index contributed by atoms with van der Waals surface area (Å²) in [6.07, 6.45) is 0. The zero-order chi connectivity index (χ0) is 18.1. The Morgan fingerprint density at radius 3 is 2.60 bits per heavy atom. The summed E-state index contributed by atoms with van der Waals surface area (Å²) in [6.45, 7) is 0. The average Bonchev–Trinajstić information content (AvgIpc) is 2.89. The summed E-state index contributed by atoms with van der Waals surface area (Å²) < 4.78 is 5.12. The van der Waals surface area contributed by atoms with Crippen LogP contribution in [0.2, 0.25) is 10.0 Å². The molecule has 5 nitrogen and oxygen atoms in total. The van der Waals surface area contributed by atoms with Crippen LogP contribution in [0, 0.1) is 0 Å². The number of ketones is 1. The molecule has 2 aromatic rings. The molecular formula is C18H13Cl2NO4. The number of halogens is 2. The van der Waals surface area contributed by atoms with Crippen molar-refractivity contribution in [3.63, 3.8) is 0 Å². The molecule has 0 spiro atoms. The summed E-state index contributed by atoms with van der Waals surface area (Å²) >= 11 is 12.1. The van der Waals surface area contributed by atoms with E-state index in [0.717, 1.165) is 0 Å². The van der Waals surface area contributed by atoms with Gasteiger partial charge in [-0.1, -0.05) is 41.4 Å². The second-order valence-electron chi connectivity index (χ2n) is 5.40. The highest BCUT2D eigenvalue weighted by Crippen LogP contribution is 2.37. The number of ether oxygens (including phenoxy) is 1. The first-order valence-electron chi connectivity index (χ1n) is 7.30. The number of amides is 1. The lowest BCUT2D eigenvalue weighted by atomic mass is 9.96. The molecule has 2 aromatic carbocycles. The van der Waals surface area contributed by atoms with Gasteiger partial charge in [0.15, 0.2) is 0 Å². The van der Waals surface area contributed by atoms with Crippen LogP contribution in [-0.2, 0) is 9.59 Å². The third-order valence-electron chi connectivity index (χ3n) is 3.89. The smallest absolute Gasteiger partial charge is 0.293 e. The summed E-state index contributed by atoms with van der Waals surface area (Å²) in [5.41, 5.74) is 0.756. The number of benzene rings is 2. The van der Waals surface area contributed by atoms with Gasteiger partial charge >= 0.3 is 0 Å². The number of carbonyl (C=O) groups excluding carboxylic acids is 2. The number of aliphatic hydroxyl groups is 1. The van der Waals surface area contributed by atoms with Crippen LogP contribution in [0.25, 0.3) is 5.76 Å². The molecule has 1 atom stereocenters. The van der Waals surface area contributed by atoms with Crippen molar-refractivity contribution in [2.75, 3.05) is 7.11 Å². The highest BCUT2D eigenvalue weighted by Gasteiger charge is 2.40. The normalized spacial score (nSPS) is 18.9. The van der Waals surface area contributed by atoms with E-state index in [0.29, 0.717) is 21.9 Å². The first-order chi connectivity index (χ1) is 11.9. The van der Waals surface area contributed by atoms with E-state index in [1.807, 2.05) is 0 Å². The van der Waals surface area contributed by atoms with E-state index in [1.54, 1.807) is 36.4 Å². The molecule has 128 valence electrons. The first kappa shape index (κ1) is 17.3. The quantitative estimate of drug-likeness (QED) is 0.485. The molecule has 0 bridgehead atoms. The molecule has 2 N–H and O–H groups in total. The van der Waals surface area contributed by atoms with Crippen LogP contribution >= 0.6 is 23.2 Å². The van der Waals surface area contributed by atoms with E-state index in [1.165, 1.54) is 13.2 Å². The van der Waals surface area contributed by atoms with Crippen molar-refractivity contribution in [1.82, 2.24) is 5.32 Å². The van der Waals surface area contributed by atoms with Crippen LogP contribution in [-0.4, -0.2) is 23.9 Å². The molecule has 3 rings (SSSR count). The molecule has 1 amide bonds. The largest absolute Gasteiger partial charge is 0.507 e. The zero-order valence-electron chi connectivity index (χ0n) is 13.0. The van der Waals surface area contributed by atoms with Crippen LogP contribution in [0.1, 0.15) is 17.2 Å². The SMILES string of the molecule is COc1cccc(/C(O)=C2/C(=O)C(=O)NC2c2ccc(Cl)cc2Cl)c1. The summed E-state index contributed by atoms with van der Waals surface area (Å²) in [7, 11) is 1.49. The third-order valence-corrected chi connectivity index (χ3v) is 4.45. The van der Waals surface area contributed by atoms with Gasteiger partial charge in [0.05, 0.1) is 18.7 Å². The van der Waals surface area contributed by atoms with Crippen molar-refractivity contribution in [3.8, 4) is 5.75 Å². The van der Waals surface area contributed by atoms with Gasteiger partial charge in [-0.15, -0.1) is 0 Å². The van der Waals surface area contributed by atoms with Crippen LogP contribution in [0.5, 0.6) is 5.75 Å². The maximum absolute atomic E-state index is 12.3. The Labute approximate surface area is 153 Å². The van der Waals surface area contributed by atoms with Crippen molar-refractivity contribution in [2.45, 2.75) is 6.04 Å². The number of carbonyl (C=O) groups is 2. The molecule has 0 aliphatic carbocycles. The molecule has 1 heterocycles. The standard InChI is InChI=1S/C18H13Cl2NO4/c1-25-11-4-2-3-9(7-11)16(22)14-15(21-18(24)17(14)23)12-6-5-10(19)8-13(12)20/h2-8,15,22H,1H3,(H,21,24)/b16-14-. The monoisotopic (exact) mass is 377 g/mol. The lowest BCUT2D eigenvalue weighted by molar-refractivity contribution is -0.133. The lowest BCUT2D eigenvalue weighted by Gasteiger charge is -2.15. The minimum atomic E-state index is -0.865. The van der Waals surface area contributed by atoms with Crippen LogP contribution in [0.4, 0.5) is 0 Å². The van der Waals surface area contributed by atoms with E-state index in [4.69, 9.17) is 27.9 Å². The van der Waals surface area contributed by atoms with Gasteiger partial charge in [-0.2, -0.15) is 0 Å². The Kier molecular flexibility index (Phi) is 4.70. The van der Waals surface area contributed by atoms with Crippen LogP contribution in [0.3, 0.4) is 0 Å². The first-order valence-corrected chi connectivity index (χ1v) is 8.05. The minimum Gasteiger partial charge on any atom is -0.507 e. The second kappa shape index (κ2) is 6.78. The summed E-state index contributed by atoms with van der Waals surface area (Å²) in [4.78, 5) is 24.2. The third kappa shape index (κ3) is 3.21. The molecule has 25 heavy (non-hydrogen) atoms. The molecule has 1 aliphatic rings.